The van der Waals surface area contributed by atoms with Gasteiger partial charge in [0, 0.05) is 49.3 Å². The van der Waals surface area contributed by atoms with E-state index in [0.29, 0.717) is 6.42 Å². The van der Waals surface area contributed by atoms with Crippen LogP contribution in [0.4, 0.5) is 0 Å². The Balaban J connectivity index is 1.39. The maximum absolute atomic E-state index is 12.9. The van der Waals surface area contributed by atoms with Crippen LogP contribution in [0.5, 0.6) is 0 Å². The number of carbonyl (C=O) groups is 1. The Morgan fingerprint density at radius 2 is 1.74 bits per heavy atom. The lowest BCUT2D eigenvalue weighted by Crippen LogP contribution is -2.48. The minimum atomic E-state index is 0.236. The lowest BCUT2D eigenvalue weighted by molar-refractivity contribution is -0.132. The number of aryl methyl sites for hydroxylation is 2. The van der Waals surface area contributed by atoms with E-state index in [1.54, 1.807) is 0 Å². The molecule has 0 unspecified atom stereocenters. The van der Waals surface area contributed by atoms with Crippen LogP contribution in [0.2, 0.25) is 0 Å². The lowest BCUT2D eigenvalue weighted by atomic mass is 10.0. The molecule has 0 atom stereocenters. The molecule has 0 aliphatic carbocycles. The Morgan fingerprint density at radius 1 is 1.00 bits per heavy atom. The minimum absolute atomic E-state index is 0.236. The summed E-state index contributed by atoms with van der Waals surface area (Å²) in [7, 11) is 0. The maximum atomic E-state index is 12.9. The van der Waals surface area contributed by atoms with E-state index in [1.807, 2.05) is 11.0 Å². The first kappa shape index (κ1) is 17.8. The quantitative estimate of drug-likeness (QED) is 0.770. The number of carbonyl (C=O) groups excluding carboxylic acids is 1. The largest absolute Gasteiger partial charge is 0.358 e. The number of piperazine rings is 1. The second kappa shape index (κ2) is 7.57. The molecule has 0 radical (unpaired) electrons. The monoisotopic (exact) mass is 361 g/mol. The fourth-order valence-corrected chi connectivity index (χ4v) is 3.98. The van der Waals surface area contributed by atoms with Gasteiger partial charge in [-0.15, -0.1) is 0 Å². The zero-order valence-electron chi connectivity index (χ0n) is 16.2. The van der Waals surface area contributed by atoms with Gasteiger partial charge in [0.1, 0.15) is 0 Å². The molecule has 1 aliphatic rings. The summed E-state index contributed by atoms with van der Waals surface area (Å²) in [5.74, 6) is 0.236. The van der Waals surface area contributed by atoms with Gasteiger partial charge in [-0.1, -0.05) is 42.0 Å². The molecule has 0 saturated carbocycles. The van der Waals surface area contributed by atoms with Gasteiger partial charge >= 0.3 is 0 Å². The molecule has 4 nitrogen and oxygen atoms in total. The number of hydrogen-bond donors (Lipinski definition) is 1. The van der Waals surface area contributed by atoms with Gasteiger partial charge in [0.05, 0.1) is 6.42 Å². The number of H-pyrrole nitrogens is 1. The zero-order chi connectivity index (χ0) is 18.8. The Morgan fingerprint density at radius 3 is 2.48 bits per heavy atom. The number of rotatable bonds is 4. The predicted octanol–water partition coefficient (Wildman–Crippen LogP) is 3.67. The summed E-state index contributed by atoms with van der Waals surface area (Å²) < 4.78 is 0. The van der Waals surface area contributed by atoms with Crippen LogP contribution >= 0.6 is 0 Å². The van der Waals surface area contributed by atoms with Crippen molar-refractivity contribution in [2.45, 2.75) is 26.8 Å². The van der Waals surface area contributed by atoms with Crippen LogP contribution in [-0.4, -0.2) is 46.9 Å². The average Bonchev–Trinajstić information content (AvgIpc) is 2.98. The number of nitrogens with one attached hydrogen (secondary N) is 1. The zero-order valence-corrected chi connectivity index (χ0v) is 16.2. The topological polar surface area (TPSA) is 39.3 Å². The maximum Gasteiger partial charge on any atom is 0.227 e. The van der Waals surface area contributed by atoms with Crippen molar-refractivity contribution in [3.8, 4) is 0 Å². The SMILES string of the molecule is Cc1ccc2[nH]c(C)c(CC(=O)N3CCN(Cc4ccccc4)CC3)c2c1. The van der Waals surface area contributed by atoms with Crippen LogP contribution in [0.15, 0.2) is 48.5 Å². The highest BCUT2D eigenvalue weighted by Gasteiger charge is 2.22. The van der Waals surface area contributed by atoms with Crippen molar-refractivity contribution in [3.63, 3.8) is 0 Å². The highest BCUT2D eigenvalue weighted by atomic mass is 16.2. The van der Waals surface area contributed by atoms with E-state index >= 15 is 0 Å². The van der Waals surface area contributed by atoms with Gasteiger partial charge < -0.3 is 9.88 Å². The fraction of sp³-hybridized carbons (Fsp3) is 0.348. The Kier molecular flexibility index (Phi) is 4.99. The minimum Gasteiger partial charge on any atom is -0.358 e. The van der Waals surface area contributed by atoms with Gasteiger partial charge in [-0.25, -0.2) is 0 Å². The molecule has 2 aromatic carbocycles. The molecule has 27 heavy (non-hydrogen) atoms. The first-order valence-electron chi connectivity index (χ1n) is 9.72. The fourth-order valence-electron chi connectivity index (χ4n) is 3.98. The highest BCUT2D eigenvalue weighted by Crippen LogP contribution is 2.24. The Labute approximate surface area is 160 Å². The van der Waals surface area contributed by atoms with Gasteiger partial charge in [-0.3, -0.25) is 9.69 Å². The molecule has 1 fully saturated rings. The second-order valence-corrected chi connectivity index (χ2v) is 7.60. The van der Waals surface area contributed by atoms with E-state index in [-0.39, 0.29) is 5.91 Å². The molecule has 1 saturated heterocycles. The van der Waals surface area contributed by atoms with Crippen LogP contribution in [0.1, 0.15) is 22.4 Å². The molecule has 1 aromatic heterocycles. The van der Waals surface area contributed by atoms with E-state index < -0.39 is 0 Å². The van der Waals surface area contributed by atoms with Crippen LogP contribution in [-0.2, 0) is 17.8 Å². The molecule has 1 aliphatic heterocycles. The number of hydrogen-bond acceptors (Lipinski definition) is 2. The summed E-state index contributed by atoms with van der Waals surface area (Å²) in [4.78, 5) is 20.8. The third kappa shape index (κ3) is 3.91. The molecule has 0 bridgehead atoms. The summed E-state index contributed by atoms with van der Waals surface area (Å²) in [6.45, 7) is 8.62. The summed E-state index contributed by atoms with van der Waals surface area (Å²) in [6, 6.07) is 16.9. The third-order valence-corrected chi connectivity index (χ3v) is 5.58. The van der Waals surface area contributed by atoms with Crippen molar-refractivity contribution in [1.29, 1.82) is 0 Å². The number of aromatic nitrogens is 1. The molecule has 4 heteroatoms. The van der Waals surface area contributed by atoms with E-state index in [2.05, 4.69) is 66.2 Å². The summed E-state index contributed by atoms with van der Waals surface area (Å²) in [6.07, 6.45) is 0.480. The number of fused-ring (bicyclic) bond motifs is 1. The third-order valence-electron chi connectivity index (χ3n) is 5.58. The number of nitrogens with zero attached hydrogens (tertiary/aromatic N) is 2. The van der Waals surface area contributed by atoms with Crippen molar-refractivity contribution < 1.29 is 4.79 Å². The van der Waals surface area contributed by atoms with E-state index in [1.165, 1.54) is 16.5 Å². The number of amides is 1. The van der Waals surface area contributed by atoms with Crippen molar-refractivity contribution in [2.24, 2.45) is 0 Å². The normalized spacial score (nSPS) is 15.4. The number of benzene rings is 2. The molecule has 1 amide bonds. The summed E-state index contributed by atoms with van der Waals surface area (Å²) in [5, 5.41) is 1.18. The predicted molar refractivity (Wildman–Crippen MR) is 110 cm³/mol. The molecule has 1 N–H and O–H groups in total. The van der Waals surface area contributed by atoms with Crippen molar-refractivity contribution in [2.75, 3.05) is 26.2 Å². The van der Waals surface area contributed by atoms with Gasteiger partial charge in [0.15, 0.2) is 0 Å². The lowest BCUT2D eigenvalue weighted by Gasteiger charge is -2.34. The molecule has 140 valence electrons. The van der Waals surface area contributed by atoms with Crippen LogP contribution in [0, 0.1) is 13.8 Å². The van der Waals surface area contributed by atoms with E-state index in [9.17, 15) is 4.79 Å². The summed E-state index contributed by atoms with van der Waals surface area (Å²) in [5.41, 5.74) is 5.93. The average molecular weight is 361 g/mol. The first-order valence-corrected chi connectivity index (χ1v) is 9.72. The van der Waals surface area contributed by atoms with Crippen molar-refractivity contribution in [1.82, 2.24) is 14.8 Å². The van der Waals surface area contributed by atoms with Gasteiger partial charge in [0.2, 0.25) is 5.91 Å². The van der Waals surface area contributed by atoms with Gasteiger partial charge in [-0.05, 0) is 37.1 Å². The van der Waals surface area contributed by atoms with E-state index in [0.717, 1.165) is 49.5 Å². The summed E-state index contributed by atoms with van der Waals surface area (Å²) >= 11 is 0. The molecule has 2 heterocycles. The highest BCUT2D eigenvalue weighted by molar-refractivity contribution is 5.90. The molecule has 3 aromatic rings. The van der Waals surface area contributed by atoms with Gasteiger partial charge in [0.25, 0.3) is 0 Å². The van der Waals surface area contributed by atoms with Crippen molar-refractivity contribution in [3.05, 3.63) is 70.9 Å². The molecule has 0 spiro atoms. The standard InChI is InChI=1S/C23H27N3O/c1-17-8-9-22-21(14-17)20(18(2)24-22)15-23(27)26-12-10-25(11-13-26)16-19-6-4-3-5-7-19/h3-9,14,24H,10-13,15-16H2,1-2H3. The van der Waals surface area contributed by atoms with E-state index in [4.69, 9.17) is 0 Å². The Hall–Kier alpha value is -2.59. The smallest absolute Gasteiger partial charge is 0.227 e. The van der Waals surface area contributed by atoms with Crippen LogP contribution in [0.3, 0.4) is 0 Å². The van der Waals surface area contributed by atoms with Crippen LogP contribution in [0.25, 0.3) is 10.9 Å². The number of aromatic amines is 1. The Bertz CT molecular complexity index is 937. The molecule has 4 rings (SSSR count). The molecular formula is C23H27N3O. The first-order chi connectivity index (χ1) is 13.1. The molecular weight excluding hydrogens is 334 g/mol. The van der Waals surface area contributed by atoms with Gasteiger partial charge in [-0.2, -0.15) is 0 Å². The van der Waals surface area contributed by atoms with Crippen molar-refractivity contribution >= 4 is 16.8 Å². The second-order valence-electron chi connectivity index (χ2n) is 7.60. The van der Waals surface area contributed by atoms with Crippen LogP contribution < -0.4 is 0 Å².